The van der Waals surface area contributed by atoms with Gasteiger partial charge in [-0.25, -0.2) is 9.97 Å². The van der Waals surface area contributed by atoms with Crippen molar-refractivity contribution in [2.45, 2.75) is 18.8 Å². The summed E-state index contributed by atoms with van der Waals surface area (Å²) in [4.78, 5) is 13.6. The summed E-state index contributed by atoms with van der Waals surface area (Å²) in [7, 11) is 0. The van der Waals surface area contributed by atoms with Gasteiger partial charge >= 0.3 is 0 Å². The number of nitrogens with zero attached hydrogens (tertiary/aromatic N) is 4. The molecule has 1 aliphatic rings. The summed E-state index contributed by atoms with van der Waals surface area (Å²) in [6, 6.07) is 8.04. The fraction of sp³-hybridized carbons (Fsp3) is 0.312. The van der Waals surface area contributed by atoms with Crippen molar-refractivity contribution in [2.24, 2.45) is 0 Å². The van der Waals surface area contributed by atoms with Gasteiger partial charge in [0.15, 0.2) is 5.65 Å². The van der Waals surface area contributed by atoms with Crippen molar-refractivity contribution in [1.82, 2.24) is 19.5 Å². The van der Waals surface area contributed by atoms with Crippen molar-refractivity contribution in [3.63, 3.8) is 0 Å². The van der Waals surface area contributed by atoms with Crippen LogP contribution in [0.15, 0.2) is 42.9 Å². The van der Waals surface area contributed by atoms with E-state index in [0.717, 1.165) is 22.7 Å². The lowest BCUT2D eigenvalue weighted by Gasteiger charge is -2.21. The van der Waals surface area contributed by atoms with Crippen molar-refractivity contribution < 1.29 is 0 Å². The zero-order valence-electron chi connectivity index (χ0n) is 11.6. The van der Waals surface area contributed by atoms with E-state index in [0.29, 0.717) is 5.92 Å². The highest BCUT2D eigenvalue weighted by molar-refractivity contribution is 7.99. The predicted octanol–water partition coefficient (Wildman–Crippen LogP) is 3.43. The molecule has 0 saturated carbocycles. The van der Waals surface area contributed by atoms with Crippen LogP contribution in [0.2, 0.25) is 0 Å². The van der Waals surface area contributed by atoms with Crippen LogP contribution >= 0.6 is 11.8 Å². The van der Waals surface area contributed by atoms with Gasteiger partial charge < -0.3 is 0 Å². The molecule has 0 unspecified atom stereocenters. The smallest absolute Gasteiger partial charge is 0.164 e. The molecule has 0 aliphatic carbocycles. The van der Waals surface area contributed by atoms with Gasteiger partial charge in [0.05, 0.1) is 5.69 Å². The van der Waals surface area contributed by atoms with Crippen molar-refractivity contribution in [2.75, 3.05) is 11.5 Å². The minimum atomic E-state index is 0.522. The molecule has 106 valence electrons. The molecule has 1 saturated heterocycles. The SMILES string of the molecule is c1cnc2c(c1)nc(C1CCSCC1)n2-c1ccncc1. The van der Waals surface area contributed by atoms with E-state index >= 15 is 0 Å². The summed E-state index contributed by atoms with van der Waals surface area (Å²) in [5, 5.41) is 0. The zero-order chi connectivity index (χ0) is 14.1. The standard InChI is InChI=1S/C16H16N4S/c1-2-14-16(18-7-1)20(13-3-8-17-9-4-13)15(19-14)12-5-10-21-11-6-12/h1-4,7-9,12H,5-6,10-11H2. The Morgan fingerprint density at radius 2 is 1.86 bits per heavy atom. The van der Waals surface area contributed by atoms with Crippen LogP contribution < -0.4 is 0 Å². The largest absolute Gasteiger partial charge is 0.280 e. The van der Waals surface area contributed by atoms with Gasteiger partial charge in [0.2, 0.25) is 0 Å². The summed E-state index contributed by atoms with van der Waals surface area (Å²) in [6.07, 6.45) is 7.87. The van der Waals surface area contributed by atoms with Crippen LogP contribution in [0.4, 0.5) is 0 Å². The molecule has 5 heteroatoms. The molecular weight excluding hydrogens is 280 g/mol. The van der Waals surface area contributed by atoms with Gasteiger partial charge in [0.25, 0.3) is 0 Å². The fourth-order valence-corrected chi connectivity index (χ4v) is 4.01. The normalized spacial score (nSPS) is 16.4. The molecule has 0 spiro atoms. The first-order chi connectivity index (χ1) is 10.4. The highest BCUT2D eigenvalue weighted by Crippen LogP contribution is 2.33. The molecule has 4 heterocycles. The van der Waals surface area contributed by atoms with E-state index in [2.05, 4.69) is 14.5 Å². The number of aromatic nitrogens is 4. The maximum Gasteiger partial charge on any atom is 0.164 e. The van der Waals surface area contributed by atoms with E-state index in [1.54, 1.807) is 0 Å². The van der Waals surface area contributed by atoms with Crippen molar-refractivity contribution >= 4 is 22.9 Å². The average Bonchev–Trinajstić information content (AvgIpc) is 2.96. The molecule has 3 aromatic rings. The Morgan fingerprint density at radius 3 is 2.67 bits per heavy atom. The number of imidazole rings is 1. The molecule has 0 amide bonds. The first-order valence-electron chi connectivity index (χ1n) is 7.25. The second-order valence-corrected chi connectivity index (χ2v) is 6.47. The second kappa shape index (κ2) is 5.48. The molecule has 0 aromatic carbocycles. The summed E-state index contributed by atoms with van der Waals surface area (Å²) < 4.78 is 2.21. The number of rotatable bonds is 2. The Bertz CT molecular complexity index is 747. The third-order valence-corrected chi connectivity index (χ3v) is 5.00. The van der Waals surface area contributed by atoms with Crippen LogP contribution in [0.5, 0.6) is 0 Å². The minimum Gasteiger partial charge on any atom is -0.280 e. The maximum absolute atomic E-state index is 4.88. The lowest BCUT2D eigenvalue weighted by Crippen LogP contribution is -2.13. The summed E-state index contributed by atoms with van der Waals surface area (Å²) in [5.41, 5.74) is 3.01. The number of hydrogen-bond donors (Lipinski definition) is 0. The van der Waals surface area contributed by atoms with E-state index in [-0.39, 0.29) is 0 Å². The third-order valence-electron chi connectivity index (χ3n) is 3.95. The van der Waals surface area contributed by atoms with E-state index in [4.69, 9.17) is 4.98 Å². The molecule has 1 fully saturated rings. The molecule has 0 radical (unpaired) electrons. The Morgan fingerprint density at radius 1 is 1.05 bits per heavy atom. The van der Waals surface area contributed by atoms with E-state index < -0.39 is 0 Å². The van der Waals surface area contributed by atoms with Gasteiger partial charge in [-0.1, -0.05) is 0 Å². The van der Waals surface area contributed by atoms with Crippen molar-refractivity contribution in [3.05, 3.63) is 48.7 Å². The fourth-order valence-electron chi connectivity index (χ4n) is 2.91. The van der Waals surface area contributed by atoms with E-state index in [1.807, 2.05) is 54.6 Å². The van der Waals surface area contributed by atoms with Gasteiger partial charge in [0.1, 0.15) is 11.3 Å². The van der Waals surface area contributed by atoms with E-state index in [1.165, 1.54) is 24.3 Å². The van der Waals surface area contributed by atoms with Crippen LogP contribution in [0.1, 0.15) is 24.6 Å². The highest BCUT2D eigenvalue weighted by Gasteiger charge is 2.23. The number of fused-ring (bicyclic) bond motifs is 1. The molecule has 0 bridgehead atoms. The van der Waals surface area contributed by atoms with Crippen LogP contribution in [0.3, 0.4) is 0 Å². The summed E-state index contributed by atoms with van der Waals surface area (Å²) in [6.45, 7) is 0. The Hall–Kier alpha value is -1.88. The van der Waals surface area contributed by atoms with Gasteiger partial charge in [0, 0.05) is 24.5 Å². The van der Waals surface area contributed by atoms with Gasteiger partial charge in [-0.15, -0.1) is 0 Å². The molecule has 3 aromatic heterocycles. The molecule has 4 nitrogen and oxygen atoms in total. The summed E-state index contributed by atoms with van der Waals surface area (Å²) >= 11 is 2.04. The number of pyridine rings is 2. The van der Waals surface area contributed by atoms with Crippen LogP contribution in [0, 0.1) is 0 Å². The van der Waals surface area contributed by atoms with Crippen LogP contribution in [0.25, 0.3) is 16.9 Å². The summed E-state index contributed by atoms with van der Waals surface area (Å²) in [5.74, 6) is 4.11. The topological polar surface area (TPSA) is 43.6 Å². The second-order valence-electron chi connectivity index (χ2n) is 5.24. The van der Waals surface area contributed by atoms with Gasteiger partial charge in [-0.3, -0.25) is 9.55 Å². The molecular formula is C16H16N4S. The van der Waals surface area contributed by atoms with Crippen molar-refractivity contribution in [1.29, 1.82) is 0 Å². The molecule has 0 N–H and O–H groups in total. The van der Waals surface area contributed by atoms with Crippen LogP contribution in [-0.2, 0) is 0 Å². The zero-order valence-corrected chi connectivity index (χ0v) is 12.5. The predicted molar refractivity (Wildman–Crippen MR) is 86.0 cm³/mol. The molecule has 21 heavy (non-hydrogen) atoms. The average molecular weight is 296 g/mol. The van der Waals surface area contributed by atoms with Gasteiger partial charge in [-0.2, -0.15) is 11.8 Å². The van der Waals surface area contributed by atoms with Crippen LogP contribution in [-0.4, -0.2) is 31.0 Å². The first-order valence-corrected chi connectivity index (χ1v) is 8.40. The third kappa shape index (κ3) is 2.31. The molecule has 0 atom stereocenters. The van der Waals surface area contributed by atoms with Gasteiger partial charge in [-0.05, 0) is 48.6 Å². The highest BCUT2D eigenvalue weighted by atomic mass is 32.2. The molecule has 4 rings (SSSR count). The minimum absolute atomic E-state index is 0.522. The Balaban J connectivity index is 1.92. The van der Waals surface area contributed by atoms with E-state index in [9.17, 15) is 0 Å². The Kier molecular flexibility index (Phi) is 3.35. The lowest BCUT2D eigenvalue weighted by atomic mass is 10.0. The van der Waals surface area contributed by atoms with Crippen molar-refractivity contribution in [3.8, 4) is 5.69 Å². The maximum atomic E-state index is 4.88. The lowest BCUT2D eigenvalue weighted by molar-refractivity contribution is 0.592. The monoisotopic (exact) mass is 296 g/mol. The number of hydrogen-bond acceptors (Lipinski definition) is 4. The Labute approximate surface area is 127 Å². The number of thioether (sulfide) groups is 1. The molecule has 1 aliphatic heterocycles. The quantitative estimate of drug-likeness (QED) is 0.726. The first kappa shape index (κ1) is 12.8.